The summed E-state index contributed by atoms with van der Waals surface area (Å²) < 4.78 is 40.6. The normalized spacial score (nSPS) is 11.4. The minimum atomic E-state index is -3.79. The molecule has 0 aliphatic rings. The van der Waals surface area contributed by atoms with Gasteiger partial charge in [0, 0.05) is 11.0 Å². The van der Waals surface area contributed by atoms with Crippen molar-refractivity contribution < 1.29 is 12.8 Å². The van der Waals surface area contributed by atoms with E-state index in [0.717, 1.165) is 17.7 Å². The summed E-state index contributed by atoms with van der Waals surface area (Å²) in [4.78, 5) is -0.0110. The quantitative estimate of drug-likeness (QED) is 0.847. The fourth-order valence-corrected chi connectivity index (χ4v) is 4.01. The van der Waals surface area contributed by atoms with E-state index in [1.54, 1.807) is 19.2 Å². The largest absolute Gasteiger partial charge is 0.316 e. The lowest BCUT2D eigenvalue weighted by Crippen LogP contribution is -2.16. The zero-order valence-electron chi connectivity index (χ0n) is 11.2. The molecule has 0 radical (unpaired) electrons. The van der Waals surface area contributed by atoms with Gasteiger partial charge in [-0.15, -0.1) is 0 Å². The van der Waals surface area contributed by atoms with Crippen molar-refractivity contribution in [3.63, 3.8) is 0 Å². The molecule has 2 aromatic carbocycles. The van der Waals surface area contributed by atoms with Crippen LogP contribution in [0.15, 0.2) is 51.8 Å². The first-order valence-electron chi connectivity index (χ1n) is 6.14. The molecule has 0 unspecified atom stereocenters. The highest BCUT2D eigenvalue weighted by Gasteiger charge is 2.19. The second-order valence-corrected chi connectivity index (χ2v) is 6.87. The van der Waals surface area contributed by atoms with Crippen molar-refractivity contribution >= 4 is 31.6 Å². The molecule has 0 spiro atoms. The summed E-state index contributed by atoms with van der Waals surface area (Å²) >= 11 is 3.07. The molecule has 0 saturated carbocycles. The molecular formula is C14H14BrFN2O2S. The molecule has 2 N–H and O–H groups in total. The summed E-state index contributed by atoms with van der Waals surface area (Å²) in [6.45, 7) is 0.531. The minimum absolute atomic E-state index is 0.0110. The number of halogens is 2. The molecule has 7 heteroatoms. The predicted octanol–water partition coefficient (Wildman–Crippen LogP) is 3.11. The summed E-state index contributed by atoms with van der Waals surface area (Å²) in [5.41, 5.74) is 1.31. The van der Waals surface area contributed by atoms with Gasteiger partial charge in [-0.3, -0.25) is 4.72 Å². The Bertz CT molecular complexity index is 750. The highest BCUT2D eigenvalue weighted by Crippen LogP contribution is 2.26. The molecule has 112 valence electrons. The number of hydrogen-bond donors (Lipinski definition) is 2. The number of rotatable bonds is 5. The molecule has 0 amide bonds. The van der Waals surface area contributed by atoms with E-state index < -0.39 is 15.8 Å². The van der Waals surface area contributed by atoms with E-state index in [2.05, 4.69) is 26.0 Å². The summed E-state index contributed by atoms with van der Waals surface area (Å²) in [7, 11) is -2.01. The Morgan fingerprint density at radius 3 is 2.57 bits per heavy atom. The first-order chi connectivity index (χ1) is 9.94. The van der Waals surface area contributed by atoms with Gasteiger partial charge >= 0.3 is 0 Å². The van der Waals surface area contributed by atoms with E-state index in [4.69, 9.17) is 0 Å². The number of anilines is 1. The summed E-state index contributed by atoms with van der Waals surface area (Å²) in [5.74, 6) is -0.503. The predicted molar refractivity (Wildman–Crippen MR) is 84.1 cm³/mol. The number of nitrogens with one attached hydrogen (secondary N) is 2. The molecule has 21 heavy (non-hydrogen) atoms. The Hall–Kier alpha value is -1.44. The average Bonchev–Trinajstić information content (AvgIpc) is 2.40. The van der Waals surface area contributed by atoms with Crippen molar-refractivity contribution in [3.05, 3.63) is 58.3 Å². The molecule has 0 atom stereocenters. The summed E-state index contributed by atoms with van der Waals surface area (Å²) in [5, 5.41) is 2.98. The van der Waals surface area contributed by atoms with E-state index in [1.165, 1.54) is 6.07 Å². The van der Waals surface area contributed by atoms with Crippen LogP contribution in [-0.2, 0) is 16.6 Å². The maximum atomic E-state index is 13.1. The molecular weight excluding hydrogens is 359 g/mol. The van der Waals surface area contributed by atoms with Gasteiger partial charge in [-0.25, -0.2) is 12.8 Å². The van der Waals surface area contributed by atoms with E-state index >= 15 is 0 Å². The Morgan fingerprint density at radius 2 is 1.90 bits per heavy atom. The molecule has 2 aromatic rings. The Balaban J connectivity index is 2.38. The highest BCUT2D eigenvalue weighted by atomic mass is 79.9. The third kappa shape index (κ3) is 3.81. The average molecular weight is 373 g/mol. The third-order valence-corrected chi connectivity index (χ3v) is 5.15. The van der Waals surface area contributed by atoms with Crippen LogP contribution in [0, 0.1) is 5.82 Å². The van der Waals surface area contributed by atoms with Crippen LogP contribution in [-0.4, -0.2) is 15.5 Å². The van der Waals surface area contributed by atoms with Crippen LogP contribution < -0.4 is 10.0 Å². The minimum Gasteiger partial charge on any atom is -0.316 e. The van der Waals surface area contributed by atoms with Crippen LogP contribution in [0.3, 0.4) is 0 Å². The maximum absolute atomic E-state index is 13.1. The van der Waals surface area contributed by atoms with Gasteiger partial charge in [-0.1, -0.05) is 18.2 Å². The van der Waals surface area contributed by atoms with Gasteiger partial charge in [-0.2, -0.15) is 0 Å². The second kappa shape index (κ2) is 6.55. The maximum Gasteiger partial charge on any atom is 0.263 e. The van der Waals surface area contributed by atoms with Crippen molar-refractivity contribution in [1.82, 2.24) is 5.32 Å². The first kappa shape index (κ1) is 15.9. The van der Waals surface area contributed by atoms with Crippen LogP contribution in [0.2, 0.25) is 0 Å². The Kier molecular flexibility index (Phi) is 4.97. The number of sulfonamides is 1. The molecule has 0 aromatic heterocycles. The van der Waals surface area contributed by atoms with Crippen LogP contribution in [0.1, 0.15) is 5.56 Å². The summed E-state index contributed by atoms with van der Waals surface area (Å²) in [6.07, 6.45) is 0. The van der Waals surface area contributed by atoms with Crippen molar-refractivity contribution in [2.45, 2.75) is 11.4 Å². The Labute approximate surface area is 131 Å². The van der Waals surface area contributed by atoms with Crippen molar-refractivity contribution in [2.75, 3.05) is 11.8 Å². The van der Waals surface area contributed by atoms with Gasteiger partial charge in [0.05, 0.1) is 5.69 Å². The number of para-hydroxylation sites is 1. The van der Waals surface area contributed by atoms with Gasteiger partial charge in [0.2, 0.25) is 0 Å². The molecule has 0 bridgehead atoms. The van der Waals surface area contributed by atoms with Gasteiger partial charge in [0.1, 0.15) is 10.7 Å². The van der Waals surface area contributed by atoms with Crippen LogP contribution in [0.4, 0.5) is 10.1 Å². The van der Waals surface area contributed by atoms with E-state index in [9.17, 15) is 12.8 Å². The van der Waals surface area contributed by atoms with Gasteiger partial charge in [0.15, 0.2) is 0 Å². The lowest BCUT2D eigenvalue weighted by atomic mass is 10.2. The van der Waals surface area contributed by atoms with Crippen molar-refractivity contribution in [1.29, 1.82) is 0 Å². The monoisotopic (exact) mass is 372 g/mol. The Morgan fingerprint density at radius 1 is 1.19 bits per heavy atom. The topological polar surface area (TPSA) is 58.2 Å². The SMILES string of the molecule is CNCc1ccccc1NS(=O)(=O)c1ccc(F)cc1Br. The number of hydrogen-bond acceptors (Lipinski definition) is 3. The second-order valence-electron chi connectivity index (χ2n) is 4.37. The molecule has 4 nitrogen and oxygen atoms in total. The third-order valence-electron chi connectivity index (χ3n) is 2.81. The van der Waals surface area contributed by atoms with Gasteiger partial charge in [-0.05, 0) is 52.8 Å². The summed E-state index contributed by atoms with van der Waals surface area (Å²) in [6, 6.07) is 10.5. The molecule has 0 aliphatic carbocycles. The van der Waals surface area contributed by atoms with Gasteiger partial charge in [0.25, 0.3) is 10.0 Å². The van der Waals surface area contributed by atoms with Crippen molar-refractivity contribution in [2.24, 2.45) is 0 Å². The highest BCUT2D eigenvalue weighted by molar-refractivity contribution is 9.10. The number of benzene rings is 2. The first-order valence-corrected chi connectivity index (χ1v) is 8.42. The van der Waals surface area contributed by atoms with Gasteiger partial charge < -0.3 is 5.32 Å². The standard InChI is InChI=1S/C14H14BrFN2O2S/c1-17-9-10-4-2-3-5-13(10)18-21(19,20)14-7-6-11(16)8-12(14)15/h2-8,17-18H,9H2,1H3. The fraction of sp³-hybridized carbons (Fsp3) is 0.143. The molecule has 2 rings (SSSR count). The van der Waals surface area contributed by atoms with E-state index in [-0.39, 0.29) is 9.37 Å². The molecule has 0 fully saturated rings. The lowest BCUT2D eigenvalue weighted by Gasteiger charge is -2.13. The van der Waals surface area contributed by atoms with Crippen LogP contribution in [0.25, 0.3) is 0 Å². The van der Waals surface area contributed by atoms with E-state index in [1.807, 2.05) is 12.1 Å². The zero-order valence-corrected chi connectivity index (χ0v) is 13.6. The van der Waals surface area contributed by atoms with Crippen molar-refractivity contribution in [3.8, 4) is 0 Å². The molecule has 0 saturated heterocycles. The zero-order chi connectivity index (χ0) is 15.5. The smallest absolute Gasteiger partial charge is 0.263 e. The van der Waals surface area contributed by atoms with Crippen LogP contribution >= 0.6 is 15.9 Å². The molecule has 0 heterocycles. The van der Waals surface area contributed by atoms with Crippen LogP contribution in [0.5, 0.6) is 0 Å². The molecule has 0 aliphatic heterocycles. The lowest BCUT2D eigenvalue weighted by molar-refractivity contribution is 0.598. The van der Waals surface area contributed by atoms with E-state index in [0.29, 0.717) is 12.2 Å². The fourth-order valence-electron chi connectivity index (χ4n) is 1.86.